The zero-order valence-electron chi connectivity index (χ0n) is 18.1. The van der Waals surface area contributed by atoms with Crippen molar-refractivity contribution in [3.05, 3.63) is 52.9 Å². The molecule has 0 N–H and O–H groups in total. The number of carbonyl (C=O) groups is 2. The molecule has 5 rings (SSSR count). The highest BCUT2D eigenvalue weighted by atomic mass is 16.2. The third-order valence-electron chi connectivity index (χ3n) is 6.50. The van der Waals surface area contributed by atoms with Crippen LogP contribution in [-0.2, 0) is 22.4 Å². The quantitative estimate of drug-likeness (QED) is 0.653. The van der Waals surface area contributed by atoms with E-state index in [9.17, 15) is 9.59 Å². The first-order chi connectivity index (χ1) is 14.9. The molecule has 0 aliphatic carbocycles. The van der Waals surface area contributed by atoms with Gasteiger partial charge in [-0.2, -0.15) is 0 Å². The summed E-state index contributed by atoms with van der Waals surface area (Å²) >= 11 is 0. The first-order valence-corrected chi connectivity index (χ1v) is 10.8. The molecule has 0 bridgehead atoms. The van der Waals surface area contributed by atoms with Crippen LogP contribution in [0.1, 0.15) is 53.8 Å². The van der Waals surface area contributed by atoms with E-state index in [0.717, 1.165) is 47.6 Å². The number of likely N-dealkylation sites (N-methyl/N-ethyl adjacent to an activating group) is 1. The monoisotopic (exact) mass is 418 g/mol. The molecule has 5 heterocycles. The summed E-state index contributed by atoms with van der Waals surface area (Å²) in [7, 11) is 1.75. The second-order valence-electron chi connectivity index (χ2n) is 8.45. The van der Waals surface area contributed by atoms with Gasteiger partial charge in [0.15, 0.2) is 5.82 Å². The minimum Gasteiger partial charge on any atom is -0.332 e. The lowest BCUT2D eigenvalue weighted by atomic mass is 10.00. The number of nitrogens with zero attached hydrogens (tertiary/aromatic N) is 6. The molecule has 1 fully saturated rings. The second kappa shape index (κ2) is 7.44. The molecule has 2 aliphatic heterocycles. The van der Waals surface area contributed by atoms with Gasteiger partial charge in [0.1, 0.15) is 11.5 Å². The molecule has 31 heavy (non-hydrogen) atoms. The van der Waals surface area contributed by atoms with E-state index in [1.165, 1.54) is 0 Å². The van der Waals surface area contributed by atoms with Crippen LogP contribution < -0.4 is 4.90 Å². The number of imidazole rings is 1. The summed E-state index contributed by atoms with van der Waals surface area (Å²) in [6.07, 6.45) is 5.40. The molecule has 1 saturated heterocycles. The summed E-state index contributed by atoms with van der Waals surface area (Å²) in [5, 5.41) is 0. The maximum atomic E-state index is 13.4. The smallest absolute Gasteiger partial charge is 0.232 e. The topological polar surface area (TPSA) is 83.7 Å². The molecule has 0 aromatic carbocycles. The van der Waals surface area contributed by atoms with Gasteiger partial charge in [0.05, 0.1) is 30.3 Å². The average Bonchev–Trinajstić information content (AvgIpc) is 3.24. The fraction of sp³-hybridized carbons (Fsp3) is 0.435. The number of amides is 2. The number of anilines is 1. The molecular weight excluding hydrogens is 392 g/mol. The Bertz CT molecular complexity index is 1200. The summed E-state index contributed by atoms with van der Waals surface area (Å²) in [6, 6.07) is 5.67. The van der Waals surface area contributed by atoms with Crippen LogP contribution in [0.2, 0.25) is 0 Å². The molecule has 8 heteroatoms. The molecule has 3 aromatic rings. The van der Waals surface area contributed by atoms with Gasteiger partial charge >= 0.3 is 0 Å². The van der Waals surface area contributed by atoms with E-state index in [0.29, 0.717) is 24.6 Å². The average molecular weight is 419 g/mol. The summed E-state index contributed by atoms with van der Waals surface area (Å²) in [5.74, 6) is 1.41. The van der Waals surface area contributed by atoms with E-state index < -0.39 is 0 Å². The molecular formula is C23H26N6O2. The third kappa shape index (κ3) is 3.26. The van der Waals surface area contributed by atoms with Gasteiger partial charge in [0.2, 0.25) is 11.8 Å². The highest BCUT2D eigenvalue weighted by Gasteiger charge is 2.34. The van der Waals surface area contributed by atoms with Crippen molar-refractivity contribution in [1.29, 1.82) is 0 Å². The molecule has 2 aliphatic rings. The highest BCUT2D eigenvalue weighted by Crippen LogP contribution is 2.34. The number of aromatic nitrogens is 4. The van der Waals surface area contributed by atoms with E-state index >= 15 is 0 Å². The van der Waals surface area contributed by atoms with Crippen LogP contribution in [0.15, 0.2) is 24.4 Å². The Balaban J connectivity index is 1.46. The Labute approximate surface area is 180 Å². The zero-order valence-corrected chi connectivity index (χ0v) is 18.1. The van der Waals surface area contributed by atoms with Crippen LogP contribution in [0.25, 0.3) is 5.65 Å². The Morgan fingerprint density at radius 1 is 1.13 bits per heavy atom. The maximum absolute atomic E-state index is 13.4. The molecule has 0 radical (unpaired) electrons. The van der Waals surface area contributed by atoms with Crippen molar-refractivity contribution in [3.63, 3.8) is 0 Å². The van der Waals surface area contributed by atoms with Gasteiger partial charge in [-0.15, -0.1) is 0 Å². The SMILES string of the molecule is Cc1nc([C@H]2CCCCN2C(=O)Cc2c(C)nc3ccccn23)nc2c1CC(=O)N2C. The first kappa shape index (κ1) is 19.7. The number of hydrogen-bond acceptors (Lipinski definition) is 5. The molecule has 160 valence electrons. The Kier molecular flexibility index (Phi) is 4.72. The number of rotatable bonds is 3. The minimum atomic E-state index is -0.172. The number of hydrogen-bond donors (Lipinski definition) is 0. The van der Waals surface area contributed by atoms with Gasteiger partial charge in [-0.3, -0.25) is 14.5 Å². The molecule has 0 spiro atoms. The molecule has 8 nitrogen and oxygen atoms in total. The van der Waals surface area contributed by atoms with Crippen LogP contribution in [-0.4, -0.2) is 49.7 Å². The van der Waals surface area contributed by atoms with Gasteiger partial charge < -0.3 is 9.30 Å². The zero-order chi connectivity index (χ0) is 21.7. The predicted octanol–water partition coefficient (Wildman–Crippen LogP) is 2.56. The van der Waals surface area contributed by atoms with Crippen molar-refractivity contribution >= 4 is 23.3 Å². The van der Waals surface area contributed by atoms with Crippen molar-refractivity contribution in [3.8, 4) is 0 Å². The van der Waals surface area contributed by atoms with Gasteiger partial charge in [-0.1, -0.05) is 6.07 Å². The Morgan fingerprint density at radius 3 is 2.81 bits per heavy atom. The van der Waals surface area contributed by atoms with Crippen molar-refractivity contribution in [2.45, 2.75) is 52.0 Å². The summed E-state index contributed by atoms with van der Waals surface area (Å²) in [4.78, 5) is 43.2. The number of likely N-dealkylation sites (tertiary alicyclic amines) is 1. The minimum absolute atomic E-state index is 0.0317. The maximum Gasteiger partial charge on any atom is 0.232 e. The number of aryl methyl sites for hydroxylation is 2. The van der Waals surface area contributed by atoms with E-state index in [1.807, 2.05) is 47.5 Å². The summed E-state index contributed by atoms with van der Waals surface area (Å²) < 4.78 is 1.99. The van der Waals surface area contributed by atoms with Crippen LogP contribution in [0, 0.1) is 13.8 Å². The van der Waals surface area contributed by atoms with E-state index in [4.69, 9.17) is 9.97 Å². The van der Waals surface area contributed by atoms with Crippen LogP contribution >= 0.6 is 0 Å². The number of fused-ring (bicyclic) bond motifs is 2. The number of pyridine rings is 1. The molecule has 3 aromatic heterocycles. The lowest BCUT2D eigenvalue weighted by molar-refractivity contribution is -0.134. The predicted molar refractivity (Wildman–Crippen MR) is 116 cm³/mol. The van der Waals surface area contributed by atoms with Crippen LogP contribution in [0.5, 0.6) is 0 Å². The summed E-state index contributed by atoms with van der Waals surface area (Å²) in [6.45, 7) is 4.56. The van der Waals surface area contributed by atoms with E-state index in [1.54, 1.807) is 11.9 Å². The summed E-state index contributed by atoms with van der Waals surface area (Å²) in [5.41, 5.74) is 4.36. The highest BCUT2D eigenvalue weighted by molar-refractivity contribution is 6.00. The van der Waals surface area contributed by atoms with Gasteiger partial charge in [0.25, 0.3) is 0 Å². The second-order valence-corrected chi connectivity index (χ2v) is 8.45. The van der Waals surface area contributed by atoms with Crippen molar-refractivity contribution in [2.24, 2.45) is 0 Å². The third-order valence-corrected chi connectivity index (χ3v) is 6.50. The van der Waals surface area contributed by atoms with Gasteiger partial charge in [-0.05, 0) is 45.2 Å². The molecule has 0 unspecified atom stereocenters. The lowest BCUT2D eigenvalue weighted by Crippen LogP contribution is -2.40. The molecule has 0 saturated carbocycles. The Hall–Kier alpha value is -3.29. The standard InChI is InChI=1S/C23H26N6O2/c1-14-16-12-20(30)27(3)23(16)26-22(25-14)17-8-4-6-11-29(17)21(31)13-18-15(2)24-19-9-5-7-10-28(18)19/h5,7,9-10,17H,4,6,8,11-13H2,1-3H3/t17-/m1/s1. The Morgan fingerprint density at radius 2 is 1.97 bits per heavy atom. The van der Waals surface area contributed by atoms with E-state index in [-0.39, 0.29) is 24.3 Å². The van der Waals surface area contributed by atoms with Gasteiger partial charge in [-0.25, -0.2) is 15.0 Å². The fourth-order valence-corrected chi connectivity index (χ4v) is 4.74. The fourth-order valence-electron chi connectivity index (χ4n) is 4.74. The number of piperidine rings is 1. The largest absolute Gasteiger partial charge is 0.332 e. The number of carbonyl (C=O) groups excluding carboxylic acids is 2. The van der Waals surface area contributed by atoms with Crippen molar-refractivity contribution in [2.75, 3.05) is 18.5 Å². The lowest BCUT2D eigenvalue weighted by Gasteiger charge is -2.35. The van der Waals surface area contributed by atoms with E-state index in [2.05, 4.69) is 4.98 Å². The van der Waals surface area contributed by atoms with Crippen molar-refractivity contribution < 1.29 is 9.59 Å². The van der Waals surface area contributed by atoms with Gasteiger partial charge in [0, 0.05) is 31.0 Å². The molecule has 1 atom stereocenters. The van der Waals surface area contributed by atoms with Crippen LogP contribution in [0.4, 0.5) is 5.82 Å². The molecule has 2 amide bonds. The van der Waals surface area contributed by atoms with Crippen LogP contribution in [0.3, 0.4) is 0 Å². The van der Waals surface area contributed by atoms with Crippen molar-refractivity contribution in [1.82, 2.24) is 24.3 Å². The normalized spacial score (nSPS) is 18.7. The first-order valence-electron chi connectivity index (χ1n) is 10.8.